The van der Waals surface area contributed by atoms with Gasteiger partial charge in [0.15, 0.2) is 0 Å². The van der Waals surface area contributed by atoms with Crippen LogP contribution in [0.4, 0.5) is 10.1 Å². The van der Waals surface area contributed by atoms with E-state index in [1.165, 1.54) is 6.92 Å². The van der Waals surface area contributed by atoms with Crippen molar-refractivity contribution in [2.75, 3.05) is 18.0 Å². The van der Waals surface area contributed by atoms with Crippen molar-refractivity contribution >= 4 is 25.7 Å². The van der Waals surface area contributed by atoms with Gasteiger partial charge >= 0.3 is 0 Å². The maximum atomic E-state index is 13.3. The van der Waals surface area contributed by atoms with E-state index >= 15 is 0 Å². The molecule has 0 aliphatic rings. The van der Waals surface area contributed by atoms with Crippen LogP contribution < -0.4 is 15.6 Å². The lowest BCUT2D eigenvalue weighted by Crippen LogP contribution is -2.27. The molecule has 0 unspecified atom stereocenters. The summed E-state index contributed by atoms with van der Waals surface area (Å²) in [6.45, 7) is 1.29. The fourth-order valence-corrected chi connectivity index (χ4v) is 3.22. The highest BCUT2D eigenvalue weighted by Gasteiger charge is 2.17. The molecule has 0 fully saturated rings. The Balaban J connectivity index is 2.80. The molecule has 1 rings (SSSR count). The molecule has 0 bridgehead atoms. The van der Waals surface area contributed by atoms with Gasteiger partial charge in [-0.15, -0.1) is 0 Å². The van der Waals surface area contributed by atoms with Crippen LogP contribution in [0, 0.1) is 12.7 Å². The second-order valence-electron chi connectivity index (χ2n) is 4.26. The number of anilines is 1. The van der Waals surface area contributed by atoms with Crippen LogP contribution in [0.5, 0.6) is 0 Å². The molecule has 0 aromatic heterocycles. The number of benzene rings is 1. The third-order valence-corrected chi connectivity index (χ3v) is 4.76. The maximum Gasteiger partial charge on any atom is 0.240 e. The van der Waals surface area contributed by atoms with E-state index in [0.29, 0.717) is 0 Å². The topological polar surface area (TPSA) is 132 Å². The van der Waals surface area contributed by atoms with Crippen molar-refractivity contribution < 1.29 is 21.2 Å². The Morgan fingerprint density at radius 2 is 1.85 bits per heavy atom. The van der Waals surface area contributed by atoms with Gasteiger partial charge in [0, 0.05) is 6.54 Å². The first-order chi connectivity index (χ1) is 9.03. The van der Waals surface area contributed by atoms with Gasteiger partial charge < -0.3 is 5.73 Å². The number of rotatable bonds is 6. The molecule has 10 heteroatoms. The van der Waals surface area contributed by atoms with Crippen LogP contribution in [0.15, 0.2) is 17.0 Å². The van der Waals surface area contributed by atoms with Gasteiger partial charge in [-0.1, -0.05) is 0 Å². The molecule has 5 N–H and O–H groups in total. The molecule has 0 radical (unpaired) electrons. The molecule has 0 aliphatic heterocycles. The maximum absolute atomic E-state index is 13.3. The first kappa shape index (κ1) is 16.8. The van der Waals surface area contributed by atoms with Crippen LogP contribution in [-0.2, 0) is 20.0 Å². The van der Waals surface area contributed by atoms with Gasteiger partial charge in [-0.3, -0.25) is 0 Å². The standard InChI is InChI=1S/C10H16FN3O4S2/c1-7-5-8(6-9(12)10(7)11)20(17,18)14-3-2-4-19(13,15)16/h5-6,14H,2-4,12H2,1H3,(H2,13,15,16). The Kier molecular flexibility index (Phi) is 5.08. The summed E-state index contributed by atoms with van der Waals surface area (Å²) in [6.07, 6.45) is 0.0354. The van der Waals surface area contributed by atoms with E-state index in [1.807, 2.05) is 0 Å². The van der Waals surface area contributed by atoms with Crippen molar-refractivity contribution in [2.24, 2.45) is 5.14 Å². The molecule has 7 nitrogen and oxygen atoms in total. The molecule has 0 heterocycles. The summed E-state index contributed by atoms with van der Waals surface area (Å²) >= 11 is 0. The second-order valence-corrected chi connectivity index (χ2v) is 7.76. The van der Waals surface area contributed by atoms with Crippen molar-refractivity contribution in [1.82, 2.24) is 4.72 Å². The Hall–Kier alpha value is -1.23. The second kappa shape index (κ2) is 6.04. The number of primary sulfonamides is 1. The van der Waals surface area contributed by atoms with Gasteiger partial charge in [0.2, 0.25) is 20.0 Å². The fourth-order valence-electron chi connectivity index (χ4n) is 1.48. The normalized spacial score (nSPS) is 12.6. The fraction of sp³-hybridized carbons (Fsp3) is 0.400. The average molecular weight is 325 g/mol. The molecule has 0 aliphatic carbocycles. The third-order valence-electron chi connectivity index (χ3n) is 2.46. The molecular weight excluding hydrogens is 309 g/mol. The minimum atomic E-state index is -3.87. The Labute approximate surface area is 117 Å². The summed E-state index contributed by atoms with van der Waals surface area (Å²) in [6, 6.07) is 2.15. The molecule has 20 heavy (non-hydrogen) atoms. The lowest BCUT2D eigenvalue weighted by molar-refractivity contribution is 0.575. The van der Waals surface area contributed by atoms with E-state index in [-0.39, 0.29) is 34.9 Å². The van der Waals surface area contributed by atoms with Crippen molar-refractivity contribution in [3.05, 3.63) is 23.5 Å². The number of halogens is 1. The highest BCUT2D eigenvalue weighted by Crippen LogP contribution is 2.20. The zero-order valence-electron chi connectivity index (χ0n) is 10.8. The molecule has 0 saturated heterocycles. The Morgan fingerprint density at radius 1 is 1.25 bits per heavy atom. The first-order valence-electron chi connectivity index (χ1n) is 5.59. The quantitative estimate of drug-likeness (QED) is 0.487. The first-order valence-corrected chi connectivity index (χ1v) is 8.78. The summed E-state index contributed by atoms with van der Waals surface area (Å²) in [5.41, 5.74) is 5.20. The van der Waals surface area contributed by atoms with E-state index in [1.54, 1.807) is 0 Å². The van der Waals surface area contributed by atoms with Gasteiger partial charge in [0.1, 0.15) is 5.82 Å². The summed E-state index contributed by atoms with van der Waals surface area (Å²) in [5.74, 6) is -1.00. The van der Waals surface area contributed by atoms with Gasteiger partial charge in [0.05, 0.1) is 16.3 Å². The van der Waals surface area contributed by atoms with E-state index in [9.17, 15) is 21.2 Å². The van der Waals surface area contributed by atoms with Crippen molar-refractivity contribution in [2.45, 2.75) is 18.2 Å². The summed E-state index contributed by atoms with van der Waals surface area (Å²) in [7, 11) is -7.50. The van der Waals surface area contributed by atoms with E-state index < -0.39 is 25.9 Å². The third kappa shape index (κ3) is 4.71. The van der Waals surface area contributed by atoms with Gasteiger partial charge in [-0.05, 0) is 31.0 Å². The van der Waals surface area contributed by atoms with E-state index in [2.05, 4.69) is 4.72 Å². The van der Waals surface area contributed by atoms with Crippen LogP contribution in [0.3, 0.4) is 0 Å². The smallest absolute Gasteiger partial charge is 0.240 e. The molecule has 114 valence electrons. The SMILES string of the molecule is Cc1cc(S(=O)(=O)NCCCS(N)(=O)=O)cc(N)c1F. The van der Waals surface area contributed by atoms with Crippen LogP contribution in [0.25, 0.3) is 0 Å². The predicted octanol–water partition coefficient (Wildman–Crippen LogP) is -0.327. The lowest BCUT2D eigenvalue weighted by Gasteiger charge is -2.09. The molecule has 0 spiro atoms. The number of nitrogens with two attached hydrogens (primary N) is 2. The van der Waals surface area contributed by atoms with Gasteiger partial charge in [-0.2, -0.15) is 0 Å². The summed E-state index contributed by atoms with van der Waals surface area (Å²) in [4.78, 5) is -0.176. The minimum absolute atomic E-state index is 0.0354. The average Bonchev–Trinajstić information content (AvgIpc) is 2.30. The summed E-state index contributed by atoms with van der Waals surface area (Å²) < 4.78 is 60.7. The number of hydrogen-bond donors (Lipinski definition) is 3. The highest BCUT2D eigenvalue weighted by molar-refractivity contribution is 7.89. The Morgan fingerprint density at radius 3 is 2.35 bits per heavy atom. The van der Waals surface area contributed by atoms with Crippen LogP contribution in [0.1, 0.15) is 12.0 Å². The Bertz CT molecular complexity index is 678. The van der Waals surface area contributed by atoms with Crippen LogP contribution >= 0.6 is 0 Å². The van der Waals surface area contributed by atoms with Gasteiger partial charge in [-0.25, -0.2) is 31.1 Å². The van der Waals surface area contributed by atoms with Crippen molar-refractivity contribution in [1.29, 1.82) is 0 Å². The number of nitrogens with one attached hydrogen (secondary N) is 1. The largest absolute Gasteiger partial charge is 0.396 e. The highest BCUT2D eigenvalue weighted by atomic mass is 32.2. The molecule has 1 aromatic carbocycles. The number of aryl methyl sites for hydroxylation is 1. The summed E-state index contributed by atoms with van der Waals surface area (Å²) in [5, 5.41) is 4.79. The minimum Gasteiger partial charge on any atom is -0.396 e. The molecule has 0 atom stereocenters. The monoisotopic (exact) mass is 325 g/mol. The van der Waals surface area contributed by atoms with E-state index in [4.69, 9.17) is 10.9 Å². The number of hydrogen-bond acceptors (Lipinski definition) is 5. The van der Waals surface area contributed by atoms with Crippen LogP contribution in [0.2, 0.25) is 0 Å². The molecule has 1 aromatic rings. The zero-order valence-corrected chi connectivity index (χ0v) is 12.4. The number of nitrogen functional groups attached to an aromatic ring is 1. The molecule has 0 saturated carbocycles. The number of sulfonamides is 2. The zero-order chi connectivity index (χ0) is 15.6. The van der Waals surface area contributed by atoms with E-state index in [0.717, 1.165) is 12.1 Å². The van der Waals surface area contributed by atoms with Crippen molar-refractivity contribution in [3.8, 4) is 0 Å². The predicted molar refractivity (Wildman–Crippen MR) is 73.3 cm³/mol. The van der Waals surface area contributed by atoms with Crippen LogP contribution in [-0.4, -0.2) is 29.1 Å². The van der Waals surface area contributed by atoms with Gasteiger partial charge in [0.25, 0.3) is 0 Å². The molecular formula is C10H16FN3O4S2. The van der Waals surface area contributed by atoms with Crippen molar-refractivity contribution in [3.63, 3.8) is 0 Å². The lowest BCUT2D eigenvalue weighted by atomic mass is 10.2. The molecule has 0 amide bonds.